The van der Waals surface area contributed by atoms with Gasteiger partial charge in [-0.1, -0.05) is 0 Å². The Labute approximate surface area is 262 Å². The van der Waals surface area contributed by atoms with Gasteiger partial charge in [-0.3, -0.25) is 4.79 Å². The average molecular weight is 652 g/mol. The predicted octanol–water partition coefficient (Wildman–Crippen LogP) is -6.07. The van der Waals surface area contributed by atoms with Crippen molar-refractivity contribution in [2.75, 3.05) is 33.3 Å². The summed E-state index contributed by atoms with van der Waals surface area (Å²) in [6.45, 7) is 1.73. The van der Waals surface area contributed by atoms with Gasteiger partial charge < -0.3 is 82.5 Å². The van der Waals surface area contributed by atoms with Gasteiger partial charge in [0.1, 0.15) is 54.4 Å². The van der Waals surface area contributed by atoms with Crippen molar-refractivity contribution in [2.24, 2.45) is 29.0 Å². The Balaban J connectivity index is 1.48. The number of ether oxygens (including phenoxy) is 4. The Morgan fingerprint density at radius 2 is 1.62 bits per heavy atom. The fourth-order valence-corrected chi connectivity index (χ4v) is 6.89. The Morgan fingerprint density at radius 3 is 2.24 bits per heavy atom. The Kier molecular flexibility index (Phi) is 12.7. The smallest absolute Gasteiger partial charge is 0.187 e. The van der Waals surface area contributed by atoms with Crippen LogP contribution in [-0.4, -0.2) is 166 Å². The SMILES string of the molecule is CN[C@@H]1[C@@H](O)[C@@H](O[C@H]2[C@H](CC(=O)[C@@H](O)CN)C[C@H](N)C(O[C@H]3O[C@H](CNCC4CC(N)C4)[C@@H](O)[C@H](O)[C@H]3O)[C@@H]2O)OC[C@]1(C)O. The Hall–Kier alpha value is -0.970. The van der Waals surface area contributed by atoms with Crippen molar-refractivity contribution in [1.29, 1.82) is 0 Å². The molecule has 2 heterocycles. The van der Waals surface area contributed by atoms with Crippen LogP contribution in [0.2, 0.25) is 0 Å². The predicted molar refractivity (Wildman–Crippen MR) is 156 cm³/mol. The molecule has 15 atom stereocenters. The van der Waals surface area contributed by atoms with Crippen LogP contribution in [-0.2, 0) is 23.7 Å². The number of carbonyl (C=O) groups is 1. The second kappa shape index (κ2) is 15.5. The fourth-order valence-electron chi connectivity index (χ4n) is 6.89. The van der Waals surface area contributed by atoms with Gasteiger partial charge in [-0.05, 0) is 51.6 Å². The van der Waals surface area contributed by atoms with Gasteiger partial charge in [0, 0.05) is 31.6 Å². The van der Waals surface area contributed by atoms with Gasteiger partial charge in [-0.15, -0.1) is 0 Å². The van der Waals surface area contributed by atoms with Gasteiger partial charge in [0.15, 0.2) is 18.4 Å². The summed E-state index contributed by atoms with van der Waals surface area (Å²) < 4.78 is 23.5. The third-order valence-electron chi connectivity index (χ3n) is 9.64. The van der Waals surface area contributed by atoms with Crippen LogP contribution in [0.15, 0.2) is 0 Å². The van der Waals surface area contributed by atoms with E-state index in [1.165, 1.54) is 6.92 Å². The number of hydrogen-bond acceptors (Lipinski definition) is 17. The summed E-state index contributed by atoms with van der Waals surface area (Å²) in [5, 5.41) is 81.1. The minimum atomic E-state index is -1.69. The van der Waals surface area contributed by atoms with Gasteiger partial charge in [0.2, 0.25) is 0 Å². The number of likely N-dealkylation sites (N-methyl/N-ethyl adjacent to an activating group) is 1. The van der Waals surface area contributed by atoms with Crippen molar-refractivity contribution in [1.82, 2.24) is 10.6 Å². The fraction of sp³-hybridized carbons (Fsp3) is 0.964. The number of aliphatic hydroxyl groups is 7. The third-order valence-corrected chi connectivity index (χ3v) is 9.64. The summed E-state index contributed by atoms with van der Waals surface area (Å²) in [5.74, 6) is -0.989. The number of aliphatic hydroxyl groups excluding tert-OH is 6. The first-order valence-electron chi connectivity index (χ1n) is 15.7. The topological polar surface area (TPSA) is 298 Å². The first-order valence-corrected chi connectivity index (χ1v) is 15.7. The highest BCUT2D eigenvalue weighted by Crippen LogP contribution is 2.36. The molecule has 0 spiro atoms. The van der Waals surface area contributed by atoms with E-state index in [1.807, 2.05) is 0 Å². The molecule has 45 heavy (non-hydrogen) atoms. The summed E-state index contributed by atoms with van der Waals surface area (Å²) >= 11 is 0. The Morgan fingerprint density at radius 1 is 0.956 bits per heavy atom. The molecule has 2 saturated carbocycles. The van der Waals surface area contributed by atoms with Crippen molar-refractivity contribution in [3.8, 4) is 0 Å². The lowest BCUT2D eigenvalue weighted by atomic mass is 9.76. The zero-order valence-corrected chi connectivity index (χ0v) is 25.8. The maximum Gasteiger partial charge on any atom is 0.187 e. The highest BCUT2D eigenvalue weighted by atomic mass is 16.7. The molecule has 0 bridgehead atoms. The van der Waals surface area contributed by atoms with Gasteiger partial charge in [-0.25, -0.2) is 0 Å². The molecule has 4 rings (SSSR count). The molecule has 2 aliphatic heterocycles. The molecular formula is C28H53N5O12. The van der Waals surface area contributed by atoms with E-state index in [0.717, 1.165) is 12.8 Å². The summed E-state index contributed by atoms with van der Waals surface area (Å²) in [6, 6.07) is -1.62. The van der Waals surface area contributed by atoms with Gasteiger partial charge in [0.25, 0.3) is 0 Å². The van der Waals surface area contributed by atoms with E-state index in [2.05, 4.69) is 10.6 Å². The molecule has 0 radical (unpaired) electrons. The van der Waals surface area contributed by atoms with E-state index >= 15 is 0 Å². The van der Waals surface area contributed by atoms with E-state index in [-0.39, 0.29) is 38.6 Å². The van der Waals surface area contributed by atoms with Gasteiger partial charge in [0.05, 0.1) is 18.8 Å². The first-order chi connectivity index (χ1) is 21.2. The van der Waals surface area contributed by atoms with Crippen LogP contribution in [0.3, 0.4) is 0 Å². The maximum atomic E-state index is 12.7. The van der Waals surface area contributed by atoms with Crippen molar-refractivity contribution in [2.45, 2.75) is 124 Å². The van der Waals surface area contributed by atoms with Crippen molar-refractivity contribution < 1.29 is 59.5 Å². The third kappa shape index (κ3) is 8.37. The van der Waals surface area contributed by atoms with Crippen LogP contribution in [0.4, 0.5) is 0 Å². The summed E-state index contributed by atoms with van der Waals surface area (Å²) in [7, 11) is 1.55. The number of rotatable bonds is 13. The zero-order chi connectivity index (χ0) is 33.2. The van der Waals surface area contributed by atoms with E-state index < -0.39 is 96.9 Å². The molecule has 15 N–H and O–H groups in total. The van der Waals surface area contributed by atoms with E-state index in [0.29, 0.717) is 12.5 Å². The molecular weight excluding hydrogens is 598 g/mol. The van der Waals surface area contributed by atoms with E-state index in [9.17, 15) is 40.5 Å². The summed E-state index contributed by atoms with van der Waals surface area (Å²) in [4.78, 5) is 12.7. The lowest BCUT2D eigenvalue weighted by Gasteiger charge is -2.49. The van der Waals surface area contributed by atoms with Crippen molar-refractivity contribution in [3.05, 3.63) is 0 Å². The maximum absolute atomic E-state index is 12.7. The van der Waals surface area contributed by atoms with Crippen LogP contribution in [0, 0.1) is 11.8 Å². The molecule has 0 amide bonds. The minimum Gasteiger partial charge on any atom is -0.388 e. The lowest BCUT2D eigenvalue weighted by molar-refractivity contribution is -0.333. The van der Waals surface area contributed by atoms with Crippen LogP contribution in [0.25, 0.3) is 0 Å². The molecule has 0 aromatic heterocycles. The van der Waals surface area contributed by atoms with E-state index in [4.69, 9.17) is 36.1 Å². The zero-order valence-electron chi connectivity index (χ0n) is 25.8. The van der Waals surface area contributed by atoms with Gasteiger partial charge >= 0.3 is 0 Å². The molecule has 17 nitrogen and oxygen atoms in total. The average Bonchev–Trinajstić information content (AvgIpc) is 2.97. The van der Waals surface area contributed by atoms with Crippen LogP contribution < -0.4 is 27.8 Å². The highest BCUT2D eigenvalue weighted by molar-refractivity contribution is 5.83. The molecule has 4 fully saturated rings. The Bertz CT molecular complexity index is 963. The lowest BCUT2D eigenvalue weighted by Crippen LogP contribution is -2.67. The molecule has 2 aliphatic carbocycles. The number of nitrogens with one attached hydrogen (secondary N) is 2. The molecule has 17 heteroatoms. The quantitative estimate of drug-likeness (QED) is 0.0882. The van der Waals surface area contributed by atoms with E-state index in [1.54, 1.807) is 7.05 Å². The number of Topliss-reactive ketones (excluding diaryl/α,β-unsaturated/α-hetero) is 1. The summed E-state index contributed by atoms with van der Waals surface area (Å²) in [5.41, 5.74) is 16.3. The number of carbonyl (C=O) groups excluding carboxylic acids is 1. The standard InChI is InChI=1S/C28H53N5O12/c1-28(41)10-42-26(22(40)25(28)32-2)44-23-12(6-15(34)16(35)7-29)5-14(31)24(21(23)39)45-27-20(38)19(37)18(36)17(43-27)9-33-8-11-3-13(30)4-11/h11-14,16-27,32-33,35-41H,3-10,29-31H2,1-2H3/t11?,12-,13?,14-,16-,17+,18+,19-,20+,21+,22+,23-,24?,25+,26+,27+,28-/m0/s1. The van der Waals surface area contributed by atoms with Crippen LogP contribution in [0.1, 0.15) is 32.6 Å². The molecule has 1 unspecified atom stereocenters. The molecule has 2 saturated heterocycles. The first kappa shape index (κ1) is 36.9. The largest absolute Gasteiger partial charge is 0.388 e. The minimum absolute atomic E-state index is 0.0356. The highest BCUT2D eigenvalue weighted by Gasteiger charge is 2.53. The van der Waals surface area contributed by atoms with Gasteiger partial charge in [-0.2, -0.15) is 0 Å². The second-order valence-electron chi connectivity index (χ2n) is 13.3. The second-order valence-corrected chi connectivity index (χ2v) is 13.3. The molecule has 0 aromatic rings. The van der Waals surface area contributed by atoms with Crippen LogP contribution in [0.5, 0.6) is 0 Å². The number of nitrogens with two attached hydrogens (primary N) is 3. The van der Waals surface area contributed by atoms with Crippen molar-refractivity contribution >= 4 is 5.78 Å². The van der Waals surface area contributed by atoms with Crippen molar-refractivity contribution in [3.63, 3.8) is 0 Å². The molecule has 262 valence electrons. The van der Waals surface area contributed by atoms with Crippen LogP contribution >= 0.6 is 0 Å². The monoisotopic (exact) mass is 651 g/mol. The number of ketones is 1. The summed E-state index contributed by atoms with van der Waals surface area (Å²) in [6.07, 6.45) is -14.0. The number of hydrogen-bond donors (Lipinski definition) is 12. The normalized spacial score (nSPS) is 48.0. The molecule has 0 aromatic carbocycles. The molecule has 4 aliphatic rings.